The SMILES string of the molecule is CC(C)(C)[C@@H](N)C(=O)NC(c1ccccc1)C1CC1. The van der Waals surface area contributed by atoms with Crippen molar-refractivity contribution in [3.05, 3.63) is 35.9 Å². The van der Waals surface area contributed by atoms with E-state index in [9.17, 15) is 4.79 Å². The van der Waals surface area contributed by atoms with E-state index in [1.165, 1.54) is 18.4 Å². The van der Waals surface area contributed by atoms with Crippen LogP contribution in [0.15, 0.2) is 30.3 Å². The Morgan fingerprint density at radius 1 is 1.26 bits per heavy atom. The number of nitrogens with two attached hydrogens (primary N) is 1. The monoisotopic (exact) mass is 260 g/mol. The third-order valence-electron chi connectivity index (χ3n) is 3.77. The fourth-order valence-electron chi connectivity index (χ4n) is 2.20. The van der Waals surface area contributed by atoms with Gasteiger partial charge in [0.15, 0.2) is 0 Å². The van der Waals surface area contributed by atoms with Gasteiger partial charge in [-0.25, -0.2) is 0 Å². The van der Waals surface area contributed by atoms with Gasteiger partial charge in [0.05, 0.1) is 12.1 Å². The van der Waals surface area contributed by atoms with Gasteiger partial charge in [-0.05, 0) is 29.7 Å². The zero-order valence-electron chi connectivity index (χ0n) is 12.0. The van der Waals surface area contributed by atoms with E-state index in [1.54, 1.807) is 0 Å². The van der Waals surface area contributed by atoms with Crippen LogP contribution in [0, 0.1) is 11.3 Å². The van der Waals surface area contributed by atoms with Crippen LogP contribution in [0.4, 0.5) is 0 Å². The Kier molecular flexibility index (Phi) is 3.95. The van der Waals surface area contributed by atoms with Crippen molar-refractivity contribution in [3.8, 4) is 0 Å². The molecular formula is C16H24N2O. The first kappa shape index (κ1) is 14.1. The molecule has 3 N–H and O–H groups in total. The van der Waals surface area contributed by atoms with Gasteiger partial charge in [0.1, 0.15) is 0 Å². The molecule has 1 aliphatic rings. The molecule has 1 saturated carbocycles. The van der Waals surface area contributed by atoms with E-state index >= 15 is 0 Å². The van der Waals surface area contributed by atoms with Crippen LogP contribution in [0.2, 0.25) is 0 Å². The molecule has 0 saturated heterocycles. The minimum absolute atomic E-state index is 0.0479. The summed E-state index contributed by atoms with van der Waals surface area (Å²) in [5, 5.41) is 3.14. The van der Waals surface area contributed by atoms with Crippen molar-refractivity contribution in [2.45, 2.75) is 45.7 Å². The summed E-state index contributed by atoms with van der Waals surface area (Å²) < 4.78 is 0. The van der Waals surface area contributed by atoms with Crippen LogP contribution in [-0.2, 0) is 4.79 Å². The Morgan fingerprint density at radius 3 is 2.32 bits per heavy atom. The molecule has 1 fully saturated rings. The largest absolute Gasteiger partial charge is 0.348 e. The van der Waals surface area contributed by atoms with Crippen molar-refractivity contribution in [1.82, 2.24) is 5.32 Å². The second-order valence-corrected chi connectivity index (χ2v) is 6.58. The maximum atomic E-state index is 12.3. The predicted molar refractivity (Wildman–Crippen MR) is 77.5 cm³/mol. The molecule has 0 spiro atoms. The lowest BCUT2D eigenvalue weighted by atomic mass is 9.86. The number of carbonyl (C=O) groups excluding carboxylic acids is 1. The fourth-order valence-corrected chi connectivity index (χ4v) is 2.20. The summed E-state index contributed by atoms with van der Waals surface area (Å²) in [5.41, 5.74) is 7.00. The fraction of sp³-hybridized carbons (Fsp3) is 0.562. The van der Waals surface area contributed by atoms with Crippen LogP contribution in [0.1, 0.15) is 45.2 Å². The highest BCUT2D eigenvalue weighted by atomic mass is 16.2. The van der Waals surface area contributed by atoms with E-state index in [0.717, 1.165) is 0 Å². The van der Waals surface area contributed by atoms with Gasteiger partial charge in [-0.2, -0.15) is 0 Å². The second kappa shape index (κ2) is 5.33. The van der Waals surface area contributed by atoms with Crippen LogP contribution in [0.5, 0.6) is 0 Å². The van der Waals surface area contributed by atoms with Gasteiger partial charge in [-0.1, -0.05) is 51.1 Å². The highest BCUT2D eigenvalue weighted by molar-refractivity contribution is 5.82. The number of carbonyl (C=O) groups is 1. The van der Waals surface area contributed by atoms with E-state index in [1.807, 2.05) is 39.0 Å². The van der Waals surface area contributed by atoms with Crippen molar-refractivity contribution < 1.29 is 4.79 Å². The second-order valence-electron chi connectivity index (χ2n) is 6.58. The average molecular weight is 260 g/mol. The van der Waals surface area contributed by atoms with Gasteiger partial charge in [0, 0.05) is 0 Å². The molecule has 1 aliphatic carbocycles. The average Bonchev–Trinajstić information content (AvgIpc) is 3.19. The van der Waals surface area contributed by atoms with Crippen molar-refractivity contribution in [2.24, 2.45) is 17.1 Å². The third kappa shape index (κ3) is 3.57. The van der Waals surface area contributed by atoms with Crippen molar-refractivity contribution in [1.29, 1.82) is 0 Å². The standard InChI is InChI=1S/C16H24N2O/c1-16(2,3)14(17)15(19)18-13(12-9-10-12)11-7-5-4-6-8-11/h4-8,12-14H,9-10,17H2,1-3H3,(H,18,19)/t13?,14-/m0/s1. The lowest BCUT2D eigenvalue weighted by molar-refractivity contribution is -0.125. The smallest absolute Gasteiger partial charge is 0.237 e. The molecule has 19 heavy (non-hydrogen) atoms. The Morgan fingerprint density at radius 2 is 1.84 bits per heavy atom. The first-order valence-electron chi connectivity index (χ1n) is 7.00. The number of benzene rings is 1. The van der Waals surface area contributed by atoms with Gasteiger partial charge in [-0.3, -0.25) is 4.79 Å². The first-order valence-corrected chi connectivity index (χ1v) is 7.00. The van der Waals surface area contributed by atoms with Crippen molar-refractivity contribution in [3.63, 3.8) is 0 Å². The Balaban J connectivity index is 2.08. The topological polar surface area (TPSA) is 55.1 Å². The molecule has 104 valence electrons. The zero-order valence-corrected chi connectivity index (χ0v) is 12.0. The highest BCUT2D eigenvalue weighted by Gasteiger charge is 2.36. The van der Waals surface area contributed by atoms with E-state index in [0.29, 0.717) is 5.92 Å². The quantitative estimate of drug-likeness (QED) is 0.874. The molecule has 0 heterocycles. The van der Waals surface area contributed by atoms with Crippen LogP contribution >= 0.6 is 0 Å². The molecule has 0 aromatic heterocycles. The lowest BCUT2D eigenvalue weighted by Gasteiger charge is -2.28. The van der Waals surface area contributed by atoms with Crippen molar-refractivity contribution in [2.75, 3.05) is 0 Å². The molecule has 0 bridgehead atoms. The molecule has 2 atom stereocenters. The molecule has 1 unspecified atom stereocenters. The summed E-state index contributed by atoms with van der Waals surface area (Å²) in [6, 6.07) is 9.81. The summed E-state index contributed by atoms with van der Waals surface area (Å²) in [6.07, 6.45) is 2.37. The molecule has 1 aromatic rings. The third-order valence-corrected chi connectivity index (χ3v) is 3.77. The molecule has 2 rings (SSSR count). The molecule has 3 nitrogen and oxygen atoms in total. The lowest BCUT2D eigenvalue weighted by Crippen LogP contribution is -2.49. The van der Waals surface area contributed by atoms with Crippen LogP contribution in [-0.4, -0.2) is 11.9 Å². The maximum absolute atomic E-state index is 12.3. The molecular weight excluding hydrogens is 236 g/mol. The van der Waals surface area contributed by atoms with Gasteiger partial charge in [-0.15, -0.1) is 0 Å². The van der Waals surface area contributed by atoms with E-state index in [-0.39, 0.29) is 17.4 Å². The molecule has 1 aromatic carbocycles. The number of amides is 1. The van der Waals surface area contributed by atoms with E-state index in [4.69, 9.17) is 5.73 Å². The maximum Gasteiger partial charge on any atom is 0.237 e. The molecule has 0 radical (unpaired) electrons. The first-order chi connectivity index (χ1) is 8.89. The number of hydrogen-bond acceptors (Lipinski definition) is 2. The minimum Gasteiger partial charge on any atom is -0.348 e. The Bertz CT molecular complexity index is 432. The molecule has 3 heteroatoms. The van der Waals surface area contributed by atoms with E-state index < -0.39 is 6.04 Å². The van der Waals surface area contributed by atoms with E-state index in [2.05, 4.69) is 17.4 Å². The summed E-state index contributed by atoms with van der Waals surface area (Å²) in [5.74, 6) is 0.520. The van der Waals surface area contributed by atoms with Gasteiger partial charge < -0.3 is 11.1 Å². The summed E-state index contributed by atoms with van der Waals surface area (Å²) in [4.78, 5) is 12.3. The summed E-state index contributed by atoms with van der Waals surface area (Å²) in [7, 11) is 0. The van der Waals surface area contributed by atoms with Gasteiger partial charge in [0.2, 0.25) is 5.91 Å². The van der Waals surface area contributed by atoms with Crippen molar-refractivity contribution >= 4 is 5.91 Å². The number of hydrogen-bond donors (Lipinski definition) is 2. The van der Waals surface area contributed by atoms with Gasteiger partial charge in [0.25, 0.3) is 0 Å². The molecule has 1 amide bonds. The van der Waals surface area contributed by atoms with Gasteiger partial charge >= 0.3 is 0 Å². The van der Waals surface area contributed by atoms with Crippen LogP contribution in [0.3, 0.4) is 0 Å². The number of rotatable bonds is 4. The van der Waals surface area contributed by atoms with Crippen LogP contribution < -0.4 is 11.1 Å². The predicted octanol–water partition coefficient (Wildman–Crippen LogP) is 2.63. The zero-order chi connectivity index (χ0) is 14.0. The Hall–Kier alpha value is -1.35. The minimum atomic E-state index is -0.475. The number of nitrogens with one attached hydrogen (secondary N) is 1. The summed E-state index contributed by atoms with van der Waals surface area (Å²) in [6.45, 7) is 5.98. The Labute approximate surface area is 115 Å². The summed E-state index contributed by atoms with van der Waals surface area (Å²) >= 11 is 0. The van der Waals surface area contributed by atoms with Crippen LogP contribution in [0.25, 0.3) is 0 Å². The normalized spacial score (nSPS) is 18.7. The highest BCUT2D eigenvalue weighted by Crippen LogP contribution is 2.41. The molecule has 0 aliphatic heterocycles.